The number of nitrogens with one attached hydrogen (secondary N) is 1. The number of aromatic nitrogens is 2. The summed E-state index contributed by atoms with van der Waals surface area (Å²) in [7, 11) is 0. The summed E-state index contributed by atoms with van der Waals surface area (Å²) < 4.78 is 1.38. The van der Waals surface area contributed by atoms with Gasteiger partial charge in [0.1, 0.15) is 11.4 Å². The quantitative estimate of drug-likeness (QED) is 0.400. The predicted molar refractivity (Wildman–Crippen MR) is 131 cm³/mol. The lowest BCUT2D eigenvalue weighted by molar-refractivity contribution is -0.116. The molecule has 0 saturated heterocycles. The first-order valence-electron chi connectivity index (χ1n) is 10.3. The summed E-state index contributed by atoms with van der Waals surface area (Å²) in [5.74, 6) is -0.260. The van der Waals surface area contributed by atoms with E-state index in [0.29, 0.717) is 10.2 Å². The van der Waals surface area contributed by atoms with Gasteiger partial charge in [-0.1, -0.05) is 48.5 Å². The smallest absolute Gasteiger partial charge is 0.263 e. The van der Waals surface area contributed by atoms with Gasteiger partial charge in [0.15, 0.2) is 0 Å². The first kappa shape index (κ1) is 20.2. The third kappa shape index (κ3) is 3.59. The summed E-state index contributed by atoms with van der Waals surface area (Å²) in [5.41, 5.74) is 4.46. The SMILES string of the molecule is Cc1cccc(NC(=O)Cn2cnc3scc(-c4ccc5ccccc5c4)c3c2=O)c1C. The van der Waals surface area contributed by atoms with Crippen LogP contribution >= 0.6 is 11.3 Å². The van der Waals surface area contributed by atoms with Crippen molar-refractivity contribution >= 4 is 43.9 Å². The zero-order valence-corrected chi connectivity index (χ0v) is 18.6. The molecular weight excluding hydrogens is 418 g/mol. The minimum atomic E-state index is -0.260. The number of carbonyl (C=O) groups is 1. The van der Waals surface area contributed by atoms with Gasteiger partial charge in [-0.05, 0) is 53.4 Å². The van der Waals surface area contributed by atoms with Crippen LogP contribution in [0.25, 0.3) is 32.1 Å². The van der Waals surface area contributed by atoms with Crippen molar-refractivity contribution < 1.29 is 4.79 Å². The highest BCUT2D eigenvalue weighted by Gasteiger charge is 2.15. The van der Waals surface area contributed by atoms with Crippen molar-refractivity contribution in [3.63, 3.8) is 0 Å². The van der Waals surface area contributed by atoms with E-state index in [4.69, 9.17) is 0 Å². The van der Waals surface area contributed by atoms with E-state index < -0.39 is 0 Å². The molecule has 1 amide bonds. The number of amides is 1. The average molecular weight is 440 g/mol. The van der Waals surface area contributed by atoms with Gasteiger partial charge in [0.05, 0.1) is 11.7 Å². The summed E-state index contributed by atoms with van der Waals surface area (Å²) in [6.07, 6.45) is 1.45. The van der Waals surface area contributed by atoms with E-state index in [0.717, 1.165) is 38.7 Å². The summed E-state index contributed by atoms with van der Waals surface area (Å²) in [5, 5.41) is 7.68. The van der Waals surface area contributed by atoms with E-state index in [1.807, 2.05) is 55.6 Å². The van der Waals surface area contributed by atoms with Crippen LogP contribution in [0.1, 0.15) is 11.1 Å². The topological polar surface area (TPSA) is 64.0 Å². The summed E-state index contributed by atoms with van der Waals surface area (Å²) in [4.78, 5) is 31.1. The van der Waals surface area contributed by atoms with Crippen molar-refractivity contribution in [2.75, 3.05) is 5.32 Å². The molecule has 1 N–H and O–H groups in total. The van der Waals surface area contributed by atoms with Crippen LogP contribution in [0.2, 0.25) is 0 Å². The van der Waals surface area contributed by atoms with Crippen LogP contribution in [0.5, 0.6) is 0 Å². The standard InChI is InChI=1S/C26H21N3O2S/c1-16-6-5-9-22(17(16)2)28-23(30)13-29-15-27-25-24(26(29)31)21(14-32-25)20-11-10-18-7-3-4-8-19(18)12-20/h3-12,14-15H,13H2,1-2H3,(H,28,30). The number of rotatable bonds is 4. The zero-order chi connectivity index (χ0) is 22.2. The Morgan fingerprint density at radius 1 is 1.03 bits per heavy atom. The molecule has 158 valence electrons. The maximum absolute atomic E-state index is 13.3. The van der Waals surface area contributed by atoms with Crippen molar-refractivity contribution in [1.82, 2.24) is 9.55 Å². The van der Waals surface area contributed by atoms with Crippen LogP contribution < -0.4 is 10.9 Å². The highest BCUT2D eigenvalue weighted by molar-refractivity contribution is 7.17. The van der Waals surface area contributed by atoms with Gasteiger partial charge in [-0.3, -0.25) is 14.2 Å². The number of hydrogen-bond donors (Lipinski definition) is 1. The van der Waals surface area contributed by atoms with E-state index in [9.17, 15) is 9.59 Å². The Morgan fingerprint density at radius 3 is 2.69 bits per heavy atom. The Morgan fingerprint density at radius 2 is 1.84 bits per heavy atom. The molecule has 0 bridgehead atoms. The van der Waals surface area contributed by atoms with Gasteiger partial charge in [-0.2, -0.15) is 0 Å². The normalized spacial score (nSPS) is 11.2. The van der Waals surface area contributed by atoms with E-state index in [-0.39, 0.29) is 18.0 Å². The van der Waals surface area contributed by atoms with E-state index >= 15 is 0 Å². The second kappa shape index (κ2) is 8.05. The van der Waals surface area contributed by atoms with Gasteiger partial charge in [0.25, 0.3) is 5.56 Å². The molecule has 0 radical (unpaired) electrons. The van der Waals surface area contributed by atoms with E-state index in [1.165, 1.54) is 22.2 Å². The minimum absolute atomic E-state index is 0.0951. The van der Waals surface area contributed by atoms with Gasteiger partial charge in [-0.25, -0.2) is 4.98 Å². The number of aryl methyl sites for hydroxylation is 1. The van der Waals surface area contributed by atoms with Crippen molar-refractivity contribution in [1.29, 1.82) is 0 Å². The van der Waals surface area contributed by atoms with Gasteiger partial charge >= 0.3 is 0 Å². The van der Waals surface area contributed by atoms with Gasteiger partial charge in [-0.15, -0.1) is 11.3 Å². The Labute approximate surface area is 189 Å². The molecule has 6 heteroatoms. The Bertz CT molecular complexity index is 1550. The van der Waals surface area contributed by atoms with Crippen molar-refractivity contribution in [2.45, 2.75) is 20.4 Å². The molecule has 3 aromatic carbocycles. The number of nitrogens with zero attached hydrogens (tertiary/aromatic N) is 2. The summed E-state index contributed by atoms with van der Waals surface area (Å²) >= 11 is 1.44. The van der Waals surface area contributed by atoms with Crippen LogP contribution in [0.15, 0.2) is 77.2 Å². The number of hydrogen-bond acceptors (Lipinski definition) is 4. The zero-order valence-electron chi connectivity index (χ0n) is 17.8. The largest absolute Gasteiger partial charge is 0.324 e. The molecule has 0 unspecified atom stereocenters. The maximum atomic E-state index is 13.3. The summed E-state index contributed by atoms with van der Waals surface area (Å²) in [6, 6.07) is 20.1. The molecular formula is C26H21N3O2S. The maximum Gasteiger partial charge on any atom is 0.263 e. The van der Waals surface area contributed by atoms with Crippen LogP contribution in [0, 0.1) is 13.8 Å². The number of carbonyl (C=O) groups excluding carboxylic acids is 1. The highest BCUT2D eigenvalue weighted by atomic mass is 32.1. The van der Waals surface area contributed by atoms with Crippen LogP contribution in [0.3, 0.4) is 0 Å². The monoisotopic (exact) mass is 439 g/mol. The fourth-order valence-corrected chi connectivity index (χ4v) is 4.79. The lowest BCUT2D eigenvalue weighted by atomic mass is 10.0. The molecule has 0 fully saturated rings. The molecule has 5 nitrogen and oxygen atoms in total. The lowest BCUT2D eigenvalue weighted by Crippen LogP contribution is -2.28. The first-order valence-corrected chi connectivity index (χ1v) is 11.2. The molecule has 32 heavy (non-hydrogen) atoms. The van der Waals surface area contributed by atoms with Crippen LogP contribution in [-0.4, -0.2) is 15.5 Å². The molecule has 0 saturated carbocycles. The molecule has 2 heterocycles. The molecule has 0 aliphatic rings. The molecule has 2 aromatic heterocycles. The number of fused-ring (bicyclic) bond motifs is 2. The lowest BCUT2D eigenvalue weighted by Gasteiger charge is -2.11. The molecule has 5 aromatic rings. The molecule has 0 atom stereocenters. The Balaban J connectivity index is 1.50. The van der Waals surface area contributed by atoms with Crippen molar-refractivity contribution in [2.24, 2.45) is 0 Å². The number of thiophene rings is 1. The second-order valence-corrected chi connectivity index (χ2v) is 8.72. The highest BCUT2D eigenvalue weighted by Crippen LogP contribution is 2.32. The number of anilines is 1. The molecule has 0 aliphatic carbocycles. The van der Waals surface area contributed by atoms with Crippen molar-refractivity contribution in [3.05, 3.63) is 93.9 Å². The number of benzene rings is 3. The first-order chi connectivity index (χ1) is 15.5. The second-order valence-electron chi connectivity index (χ2n) is 7.86. The van der Waals surface area contributed by atoms with Gasteiger partial charge in [0, 0.05) is 16.6 Å². The van der Waals surface area contributed by atoms with Crippen LogP contribution in [0.4, 0.5) is 5.69 Å². The van der Waals surface area contributed by atoms with Crippen LogP contribution in [-0.2, 0) is 11.3 Å². The third-order valence-corrected chi connectivity index (χ3v) is 6.70. The van der Waals surface area contributed by atoms with Gasteiger partial charge in [0.2, 0.25) is 5.91 Å². The average Bonchev–Trinajstić information content (AvgIpc) is 3.23. The van der Waals surface area contributed by atoms with Gasteiger partial charge < -0.3 is 5.32 Å². The predicted octanol–water partition coefficient (Wildman–Crippen LogP) is 5.53. The van der Waals surface area contributed by atoms with E-state index in [2.05, 4.69) is 34.6 Å². The minimum Gasteiger partial charge on any atom is -0.324 e. The molecule has 0 aliphatic heterocycles. The molecule has 5 rings (SSSR count). The Kier molecular flexibility index (Phi) is 5.07. The third-order valence-electron chi connectivity index (χ3n) is 5.81. The molecule has 0 spiro atoms. The Hall–Kier alpha value is -3.77. The fraction of sp³-hybridized carbons (Fsp3) is 0.115. The van der Waals surface area contributed by atoms with Crippen molar-refractivity contribution in [3.8, 4) is 11.1 Å². The fourth-order valence-electron chi connectivity index (χ4n) is 3.88. The summed E-state index contributed by atoms with van der Waals surface area (Å²) in [6.45, 7) is 3.87. The van der Waals surface area contributed by atoms with E-state index in [1.54, 1.807) is 0 Å².